The number of methoxy groups -OCH3 is 1. The quantitative estimate of drug-likeness (QED) is 0.333. The van der Waals surface area contributed by atoms with Crippen LogP contribution in [-0.4, -0.2) is 34.2 Å². The Morgan fingerprint density at radius 2 is 1.74 bits per heavy atom. The molecule has 2 N–H and O–H groups in total. The second-order valence-corrected chi connectivity index (χ2v) is 7.39. The molecule has 7 heteroatoms. The van der Waals surface area contributed by atoms with Gasteiger partial charge in [-0.15, -0.1) is 0 Å². The first kappa shape index (κ1) is 20.7. The molecule has 2 aromatic carbocycles. The van der Waals surface area contributed by atoms with Crippen LogP contribution in [0.15, 0.2) is 48.5 Å². The fraction of sp³-hybridized carbons (Fsp3) is 0.292. The zero-order chi connectivity index (χ0) is 21.8. The van der Waals surface area contributed by atoms with E-state index in [9.17, 15) is 4.79 Å². The summed E-state index contributed by atoms with van der Waals surface area (Å²) in [5.74, 6) is 0.555. The van der Waals surface area contributed by atoms with Crippen molar-refractivity contribution in [1.82, 2.24) is 14.5 Å². The van der Waals surface area contributed by atoms with Crippen molar-refractivity contribution in [3.63, 3.8) is 0 Å². The molecule has 4 aromatic rings. The van der Waals surface area contributed by atoms with Crippen molar-refractivity contribution in [3.05, 3.63) is 59.7 Å². The van der Waals surface area contributed by atoms with Gasteiger partial charge in [-0.1, -0.05) is 50.1 Å². The molecule has 31 heavy (non-hydrogen) atoms. The molecule has 0 spiro atoms. The summed E-state index contributed by atoms with van der Waals surface area (Å²) in [7, 11) is 1.63. The highest BCUT2D eigenvalue weighted by Crippen LogP contribution is 2.30. The van der Waals surface area contributed by atoms with E-state index >= 15 is 0 Å². The number of anilines is 1. The van der Waals surface area contributed by atoms with Crippen LogP contribution >= 0.6 is 0 Å². The van der Waals surface area contributed by atoms with Crippen LogP contribution in [0.2, 0.25) is 0 Å². The number of nitrogens with zero attached hydrogens (tertiary/aromatic N) is 3. The van der Waals surface area contributed by atoms with Crippen LogP contribution in [-0.2, 0) is 11.3 Å². The number of aromatic nitrogens is 3. The maximum atomic E-state index is 13.0. The molecule has 0 bridgehead atoms. The topological polar surface area (TPSA) is 92.3 Å². The zero-order valence-electron chi connectivity index (χ0n) is 17.8. The van der Waals surface area contributed by atoms with Crippen LogP contribution < -0.4 is 10.5 Å². The van der Waals surface area contributed by atoms with Crippen LogP contribution in [0.25, 0.3) is 22.2 Å². The number of hydrogen-bond acceptors (Lipinski definition) is 6. The van der Waals surface area contributed by atoms with E-state index < -0.39 is 5.97 Å². The van der Waals surface area contributed by atoms with Crippen molar-refractivity contribution in [2.75, 3.05) is 19.5 Å². The average Bonchev–Trinajstić information content (AvgIpc) is 3.06. The third-order valence-corrected chi connectivity index (χ3v) is 5.30. The van der Waals surface area contributed by atoms with Crippen molar-refractivity contribution in [2.24, 2.45) is 0 Å². The second kappa shape index (κ2) is 9.04. The number of benzene rings is 2. The Hall–Kier alpha value is -3.61. The van der Waals surface area contributed by atoms with Gasteiger partial charge in [-0.05, 0) is 24.6 Å². The highest BCUT2D eigenvalue weighted by Gasteiger charge is 2.25. The smallest absolute Gasteiger partial charge is 0.344 e. The lowest BCUT2D eigenvalue weighted by Gasteiger charge is -2.11. The van der Waals surface area contributed by atoms with Crippen LogP contribution in [0, 0.1) is 0 Å². The number of rotatable bonds is 8. The summed E-state index contributed by atoms with van der Waals surface area (Å²) in [5, 5.41) is 0. The number of nitrogen functional groups attached to an aromatic ring is 1. The van der Waals surface area contributed by atoms with E-state index in [2.05, 4.69) is 6.92 Å². The number of esters is 1. The van der Waals surface area contributed by atoms with Crippen molar-refractivity contribution in [2.45, 2.75) is 32.7 Å². The van der Waals surface area contributed by atoms with Gasteiger partial charge in [0.2, 0.25) is 0 Å². The fourth-order valence-electron chi connectivity index (χ4n) is 3.67. The molecule has 0 atom stereocenters. The van der Waals surface area contributed by atoms with E-state index in [4.69, 9.17) is 25.2 Å². The van der Waals surface area contributed by atoms with Crippen molar-refractivity contribution >= 4 is 34.0 Å². The summed E-state index contributed by atoms with van der Waals surface area (Å²) in [6.45, 7) is 2.85. The van der Waals surface area contributed by atoms with Gasteiger partial charge in [0.25, 0.3) is 0 Å². The van der Waals surface area contributed by atoms with Gasteiger partial charge in [0, 0.05) is 5.56 Å². The molecule has 0 aliphatic heterocycles. The predicted octanol–water partition coefficient (Wildman–Crippen LogP) is 4.57. The number of para-hydroxylation sites is 3. The lowest BCUT2D eigenvalue weighted by molar-refractivity contribution is 0.0501. The molecule has 0 amide bonds. The third kappa shape index (κ3) is 4.03. The Morgan fingerprint density at radius 1 is 1.03 bits per heavy atom. The summed E-state index contributed by atoms with van der Waals surface area (Å²) in [6, 6.07) is 15.2. The largest absolute Gasteiger partial charge is 0.496 e. The van der Waals surface area contributed by atoms with E-state index in [0.29, 0.717) is 29.8 Å². The van der Waals surface area contributed by atoms with Gasteiger partial charge < -0.3 is 19.8 Å². The minimum Gasteiger partial charge on any atom is -0.496 e. The Kier molecular flexibility index (Phi) is 6.02. The number of ether oxygens (including phenoxy) is 2. The molecule has 0 aliphatic rings. The molecule has 4 rings (SSSR count). The van der Waals surface area contributed by atoms with E-state index in [0.717, 1.165) is 36.1 Å². The number of nitrogens with two attached hydrogens (primary N) is 1. The molecule has 0 saturated carbocycles. The molecule has 160 valence electrons. The van der Waals surface area contributed by atoms with Crippen molar-refractivity contribution in [3.8, 4) is 5.75 Å². The Morgan fingerprint density at radius 3 is 2.48 bits per heavy atom. The second-order valence-electron chi connectivity index (χ2n) is 7.39. The van der Waals surface area contributed by atoms with Gasteiger partial charge in [-0.25, -0.2) is 14.8 Å². The monoisotopic (exact) mass is 418 g/mol. The predicted molar refractivity (Wildman–Crippen MR) is 121 cm³/mol. The van der Waals surface area contributed by atoms with Gasteiger partial charge >= 0.3 is 5.97 Å². The molecule has 0 radical (unpaired) electrons. The molecule has 0 fully saturated rings. The number of hydrogen-bond donors (Lipinski definition) is 1. The first-order valence-corrected chi connectivity index (χ1v) is 10.5. The maximum absolute atomic E-state index is 13.0. The standard InChI is InChI=1S/C24H26N4O3/c1-3-4-9-14-31-24(29)20-21-23(27-18-12-7-6-11-17(18)26-21)28(22(20)25)15-16-10-5-8-13-19(16)30-2/h5-8,10-13H,3-4,9,14-15,25H2,1-2H3. The fourth-order valence-corrected chi connectivity index (χ4v) is 3.67. The third-order valence-electron chi connectivity index (χ3n) is 5.30. The van der Waals surface area contributed by atoms with Crippen LogP contribution in [0.4, 0.5) is 5.82 Å². The SMILES string of the molecule is CCCCCOC(=O)c1c(N)n(Cc2ccccc2OC)c2nc3ccccc3nc12. The molecule has 2 aromatic heterocycles. The molecular formula is C24H26N4O3. The number of carbonyl (C=O) groups excluding carboxylic acids is 1. The summed E-state index contributed by atoms with van der Waals surface area (Å²) in [5.41, 5.74) is 10.1. The summed E-state index contributed by atoms with van der Waals surface area (Å²) >= 11 is 0. The van der Waals surface area contributed by atoms with Crippen molar-refractivity contribution in [1.29, 1.82) is 0 Å². The van der Waals surface area contributed by atoms with Gasteiger partial charge in [0.05, 0.1) is 31.3 Å². The zero-order valence-corrected chi connectivity index (χ0v) is 17.8. The van der Waals surface area contributed by atoms with Gasteiger partial charge in [0.1, 0.15) is 22.6 Å². The van der Waals surface area contributed by atoms with Crippen LogP contribution in [0.1, 0.15) is 42.1 Å². The molecule has 7 nitrogen and oxygen atoms in total. The molecular weight excluding hydrogens is 392 g/mol. The lowest BCUT2D eigenvalue weighted by atomic mass is 10.2. The lowest BCUT2D eigenvalue weighted by Crippen LogP contribution is -2.11. The van der Waals surface area contributed by atoms with Crippen molar-refractivity contribution < 1.29 is 14.3 Å². The molecule has 2 heterocycles. The minimum absolute atomic E-state index is 0.264. The molecule has 0 saturated heterocycles. The van der Waals surface area contributed by atoms with E-state index in [1.807, 2.05) is 48.5 Å². The minimum atomic E-state index is -0.470. The van der Waals surface area contributed by atoms with Gasteiger partial charge in [-0.3, -0.25) is 0 Å². The van der Waals surface area contributed by atoms with Crippen LogP contribution in [0.5, 0.6) is 5.75 Å². The summed E-state index contributed by atoms with van der Waals surface area (Å²) in [4.78, 5) is 22.4. The Bertz CT molecular complexity index is 1230. The Balaban J connectivity index is 1.83. The summed E-state index contributed by atoms with van der Waals surface area (Å²) < 4.78 is 12.8. The Labute approximate surface area is 180 Å². The van der Waals surface area contributed by atoms with Crippen LogP contribution in [0.3, 0.4) is 0 Å². The number of fused-ring (bicyclic) bond motifs is 2. The van der Waals surface area contributed by atoms with Gasteiger partial charge in [-0.2, -0.15) is 0 Å². The number of unbranched alkanes of at least 4 members (excludes halogenated alkanes) is 2. The maximum Gasteiger partial charge on any atom is 0.344 e. The summed E-state index contributed by atoms with van der Waals surface area (Å²) in [6.07, 6.45) is 2.87. The molecule has 0 aliphatic carbocycles. The normalized spacial score (nSPS) is 11.2. The van der Waals surface area contributed by atoms with E-state index in [1.165, 1.54) is 0 Å². The van der Waals surface area contributed by atoms with Gasteiger partial charge in [0.15, 0.2) is 5.65 Å². The average molecular weight is 418 g/mol. The first-order valence-electron chi connectivity index (χ1n) is 10.5. The molecule has 0 unspecified atom stereocenters. The van der Waals surface area contributed by atoms with E-state index in [-0.39, 0.29) is 11.4 Å². The first-order chi connectivity index (χ1) is 15.1. The van der Waals surface area contributed by atoms with E-state index in [1.54, 1.807) is 11.7 Å². The highest BCUT2D eigenvalue weighted by molar-refractivity contribution is 6.08. The number of carbonyl (C=O) groups is 1. The highest BCUT2D eigenvalue weighted by atomic mass is 16.5.